The molecule has 124 valence electrons. The van der Waals surface area contributed by atoms with Gasteiger partial charge in [-0.2, -0.15) is 0 Å². The van der Waals surface area contributed by atoms with Crippen LogP contribution in [0.3, 0.4) is 0 Å². The van der Waals surface area contributed by atoms with Gasteiger partial charge < -0.3 is 14.8 Å². The first-order chi connectivity index (χ1) is 11.3. The second-order valence-electron chi connectivity index (χ2n) is 6.93. The van der Waals surface area contributed by atoms with E-state index in [4.69, 9.17) is 4.74 Å². The van der Waals surface area contributed by atoms with Crippen molar-refractivity contribution >= 4 is 11.4 Å². The molecule has 2 saturated carbocycles. The normalized spacial score (nSPS) is 32.7. The Hall–Kier alpha value is -1.75. The largest absolute Gasteiger partial charge is 0.495 e. The van der Waals surface area contributed by atoms with Gasteiger partial charge in [-0.15, -0.1) is 0 Å². The third kappa shape index (κ3) is 2.47. The zero-order valence-electron chi connectivity index (χ0n) is 13.7. The zero-order chi connectivity index (χ0) is 15.8. The number of piperazine rings is 1. The molecule has 0 unspecified atom stereocenters. The van der Waals surface area contributed by atoms with Gasteiger partial charge in [-0.3, -0.25) is 4.90 Å². The van der Waals surface area contributed by atoms with Gasteiger partial charge in [0.15, 0.2) is 0 Å². The highest BCUT2D eigenvalue weighted by Crippen LogP contribution is 2.45. The molecule has 23 heavy (non-hydrogen) atoms. The van der Waals surface area contributed by atoms with Crippen LogP contribution in [0.25, 0.3) is 0 Å². The highest BCUT2D eigenvalue weighted by molar-refractivity contribution is 5.94. The molecule has 3 atom stereocenters. The number of methoxy groups -OCH3 is 1. The summed E-state index contributed by atoms with van der Waals surface area (Å²) in [4.78, 5) is 4.93. The van der Waals surface area contributed by atoms with Crippen molar-refractivity contribution in [2.24, 2.45) is 17.0 Å². The average molecular weight is 315 g/mol. The summed E-state index contributed by atoms with van der Waals surface area (Å²) in [6.45, 7) is 4.02. The Balaban J connectivity index is 1.45. The van der Waals surface area contributed by atoms with E-state index in [2.05, 4.69) is 27.1 Å². The second kappa shape index (κ2) is 6.04. The summed E-state index contributed by atoms with van der Waals surface area (Å²) in [6, 6.07) is 8.61. The van der Waals surface area contributed by atoms with E-state index in [0.717, 1.165) is 37.6 Å². The molecule has 4 rings (SSSR count). The maximum Gasteiger partial charge on any atom is 0.142 e. The third-order valence-corrected chi connectivity index (χ3v) is 5.89. The van der Waals surface area contributed by atoms with E-state index >= 15 is 0 Å². The summed E-state index contributed by atoms with van der Waals surface area (Å²) >= 11 is 0. The van der Waals surface area contributed by atoms with Crippen LogP contribution in [0.5, 0.6) is 5.75 Å². The number of benzene rings is 1. The summed E-state index contributed by atoms with van der Waals surface area (Å²) in [6.07, 6.45) is 3.72. The Morgan fingerprint density at radius 1 is 1.13 bits per heavy atom. The van der Waals surface area contributed by atoms with E-state index in [0.29, 0.717) is 17.9 Å². The van der Waals surface area contributed by atoms with E-state index < -0.39 is 0 Å². The van der Waals surface area contributed by atoms with E-state index in [1.807, 2.05) is 12.1 Å². The fraction of sp³-hybridized carbons (Fsp3) is 0.611. The molecule has 1 aromatic carbocycles. The maximum absolute atomic E-state index is 9.42. The molecule has 3 fully saturated rings. The van der Waals surface area contributed by atoms with Crippen LogP contribution in [0.1, 0.15) is 19.3 Å². The fourth-order valence-electron chi connectivity index (χ4n) is 4.81. The SMILES string of the molecule is COc1ccccc1N1CCN([C@H]2/C(=N\O)[C@H]3CC[C@@H]2C3)CC1. The van der Waals surface area contributed by atoms with Crippen molar-refractivity contribution in [3.8, 4) is 5.75 Å². The van der Waals surface area contributed by atoms with Gasteiger partial charge in [0.25, 0.3) is 0 Å². The minimum absolute atomic E-state index is 0.374. The Morgan fingerprint density at radius 2 is 1.91 bits per heavy atom. The van der Waals surface area contributed by atoms with Crippen LogP contribution < -0.4 is 9.64 Å². The number of anilines is 1. The number of fused-ring (bicyclic) bond motifs is 2. The summed E-state index contributed by atoms with van der Waals surface area (Å²) in [5.74, 6) is 2.17. The van der Waals surface area contributed by atoms with Crippen LogP contribution in [0.2, 0.25) is 0 Å². The van der Waals surface area contributed by atoms with Crippen LogP contribution >= 0.6 is 0 Å². The first kappa shape index (κ1) is 14.8. The predicted octanol–water partition coefficient (Wildman–Crippen LogP) is 2.45. The minimum Gasteiger partial charge on any atom is -0.495 e. The van der Waals surface area contributed by atoms with Crippen LogP contribution in [-0.2, 0) is 0 Å². The maximum atomic E-state index is 9.42. The molecule has 3 aliphatic rings. The lowest BCUT2D eigenvalue weighted by molar-refractivity contribution is 0.181. The van der Waals surface area contributed by atoms with Crippen molar-refractivity contribution in [1.29, 1.82) is 0 Å². The molecule has 2 aliphatic carbocycles. The Kier molecular flexibility index (Phi) is 3.89. The summed E-state index contributed by atoms with van der Waals surface area (Å²) in [7, 11) is 1.73. The van der Waals surface area contributed by atoms with E-state index in [1.54, 1.807) is 7.11 Å². The van der Waals surface area contributed by atoms with E-state index in [-0.39, 0.29) is 0 Å². The minimum atomic E-state index is 0.374. The van der Waals surface area contributed by atoms with E-state index in [1.165, 1.54) is 24.9 Å². The first-order valence-electron chi connectivity index (χ1n) is 8.65. The molecule has 1 saturated heterocycles. The van der Waals surface area contributed by atoms with Crippen molar-refractivity contribution in [3.63, 3.8) is 0 Å². The number of nitrogens with zero attached hydrogens (tertiary/aromatic N) is 3. The van der Waals surface area contributed by atoms with Crippen molar-refractivity contribution < 1.29 is 9.94 Å². The van der Waals surface area contributed by atoms with Crippen LogP contribution in [0.15, 0.2) is 29.4 Å². The molecule has 0 radical (unpaired) electrons. The number of ether oxygens (including phenoxy) is 1. The lowest BCUT2D eigenvalue weighted by atomic mass is 9.91. The molecule has 1 aliphatic heterocycles. The number of hydrogen-bond donors (Lipinski definition) is 1. The molecule has 0 spiro atoms. The first-order valence-corrected chi connectivity index (χ1v) is 8.65. The number of rotatable bonds is 3. The van der Waals surface area contributed by atoms with Crippen molar-refractivity contribution in [1.82, 2.24) is 4.90 Å². The second-order valence-corrected chi connectivity index (χ2v) is 6.93. The van der Waals surface area contributed by atoms with Crippen molar-refractivity contribution in [2.75, 3.05) is 38.2 Å². The van der Waals surface area contributed by atoms with Gasteiger partial charge >= 0.3 is 0 Å². The summed E-state index contributed by atoms with van der Waals surface area (Å²) in [5, 5.41) is 13.1. The van der Waals surface area contributed by atoms with Crippen molar-refractivity contribution in [2.45, 2.75) is 25.3 Å². The molecule has 5 nitrogen and oxygen atoms in total. The molecular formula is C18H25N3O2. The van der Waals surface area contributed by atoms with Gasteiger partial charge in [-0.05, 0) is 37.3 Å². The Labute approximate surface area is 137 Å². The standard InChI is InChI=1S/C18H25N3O2/c1-23-16-5-3-2-4-15(16)20-8-10-21(11-9-20)18-14-7-6-13(12-14)17(18)19-22/h2-5,13-14,18,22H,6-12H2,1H3/b19-17-/t13-,14+,18+/m0/s1. The molecule has 2 bridgehead atoms. The molecule has 1 heterocycles. The summed E-state index contributed by atoms with van der Waals surface area (Å²) in [5.41, 5.74) is 2.23. The van der Waals surface area contributed by atoms with Gasteiger partial charge in [0.2, 0.25) is 0 Å². The van der Waals surface area contributed by atoms with Gasteiger partial charge in [0.1, 0.15) is 5.75 Å². The monoisotopic (exact) mass is 315 g/mol. The lowest BCUT2D eigenvalue weighted by Crippen LogP contribution is -2.54. The molecule has 0 aromatic heterocycles. The van der Waals surface area contributed by atoms with Gasteiger partial charge in [0, 0.05) is 32.1 Å². The van der Waals surface area contributed by atoms with Crippen molar-refractivity contribution in [3.05, 3.63) is 24.3 Å². The molecule has 0 amide bonds. The molecule has 1 aromatic rings. The van der Waals surface area contributed by atoms with Gasteiger partial charge in [-0.25, -0.2) is 0 Å². The Bertz CT molecular complexity index is 596. The zero-order valence-corrected chi connectivity index (χ0v) is 13.7. The number of para-hydroxylation sites is 2. The molecule has 5 heteroatoms. The quantitative estimate of drug-likeness (QED) is 0.687. The fourth-order valence-corrected chi connectivity index (χ4v) is 4.81. The number of oxime groups is 1. The van der Waals surface area contributed by atoms with Crippen LogP contribution in [0, 0.1) is 11.8 Å². The Morgan fingerprint density at radius 3 is 2.65 bits per heavy atom. The number of hydrogen-bond acceptors (Lipinski definition) is 5. The van der Waals surface area contributed by atoms with E-state index in [9.17, 15) is 5.21 Å². The van der Waals surface area contributed by atoms with Gasteiger partial charge in [0.05, 0.1) is 24.6 Å². The average Bonchev–Trinajstić information content (AvgIpc) is 3.23. The predicted molar refractivity (Wildman–Crippen MR) is 90.6 cm³/mol. The highest BCUT2D eigenvalue weighted by Gasteiger charge is 2.48. The van der Waals surface area contributed by atoms with Gasteiger partial charge in [-0.1, -0.05) is 17.3 Å². The third-order valence-electron chi connectivity index (χ3n) is 5.89. The van der Waals surface area contributed by atoms with Crippen LogP contribution in [-0.4, -0.2) is 55.1 Å². The summed E-state index contributed by atoms with van der Waals surface area (Å²) < 4.78 is 5.49. The molecular weight excluding hydrogens is 290 g/mol. The highest BCUT2D eigenvalue weighted by atomic mass is 16.5. The molecule has 1 N–H and O–H groups in total. The smallest absolute Gasteiger partial charge is 0.142 e. The van der Waals surface area contributed by atoms with Crippen LogP contribution in [0.4, 0.5) is 5.69 Å². The topological polar surface area (TPSA) is 48.3 Å². The lowest BCUT2D eigenvalue weighted by Gasteiger charge is -2.42.